The van der Waals surface area contributed by atoms with E-state index in [0.717, 1.165) is 70.5 Å². The second kappa shape index (κ2) is 15.0. The maximum atomic E-state index is 5.66. The first-order valence-electron chi connectivity index (χ1n) is 10.2. The minimum atomic E-state index is 0. The standard InChI is InChI=1S/C21H36N4O.HI/c1-3-22-21(24-15-9-17-26-18-19-12-13-19)23-14-7-8-16-25(2)20-10-5-4-6-11-20;/h4-6,10-11,19H,3,7-9,12-18H2,1-2H3,(H2,22,23,24);1H. The van der Waals surface area contributed by atoms with Crippen LogP contribution in [0.3, 0.4) is 0 Å². The molecule has 0 spiro atoms. The molecule has 0 unspecified atom stereocenters. The van der Waals surface area contributed by atoms with Crippen LogP contribution in [0, 0.1) is 5.92 Å². The van der Waals surface area contributed by atoms with Gasteiger partial charge in [0.25, 0.3) is 0 Å². The molecule has 0 radical (unpaired) electrons. The summed E-state index contributed by atoms with van der Waals surface area (Å²) in [6.45, 7) is 7.59. The summed E-state index contributed by atoms with van der Waals surface area (Å²) in [5.74, 6) is 1.77. The molecule has 27 heavy (non-hydrogen) atoms. The van der Waals surface area contributed by atoms with Gasteiger partial charge in [-0.3, -0.25) is 4.99 Å². The van der Waals surface area contributed by atoms with E-state index in [1.54, 1.807) is 0 Å². The minimum absolute atomic E-state index is 0. The maximum absolute atomic E-state index is 5.66. The molecule has 0 bridgehead atoms. The summed E-state index contributed by atoms with van der Waals surface area (Å²) in [6, 6.07) is 10.5. The number of benzene rings is 1. The van der Waals surface area contributed by atoms with Crippen LogP contribution in [0.2, 0.25) is 0 Å². The lowest BCUT2D eigenvalue weighted by Crippen LogP contribution is -2.38. The van der Waals surface area contributed by atoms with Crippen molar-refractivity contribution in [3.05, 3.63) is 30.3 Å². The number of ether oxygens (including phenoxy) is 1. The third-order valence-electron chi connectivity index (χ3n) is 4.52. The Morgan fingerprint density at radius 2 is 1.93 bits per heavy atom. The Labute approximate surface area is 182 Å². The van der Waals surface area contributed by atoms with Crippen LogP contribution >= 0.6 is 24.0 Å². The van der Waals surface area contributed by atoms with Gasteiger partial charge in [-0.1, -0.05) is 18.2 Å². The van der Waals surface area contributed by atoms with Crippen molar-refractivity contribution in [2.75, 3.05) is 51.3 Å². The van der Waals surface area contributed by atoms with Gasteiger partial charge in [0, 0.05) is 52.1 Å². The van der Waals surface area contributed by atoms with Crippen molar-refractivity contribution >= 4 is 35.6 Å². The number of halogens is 1. The van der Waals surface area contributed by atoms with Gasteiger partial charge in [0.1, 0.15) is 0 Å². The van der Waals surface area contributed by atoms with Gasteiger partial charge in [-0.2, -0.15) is 0 Å². The van der Waals surface area contributed by atoms with E-state index >= 15 is 0 Å². The van der Waals surface area contributed by atoms with Crippen LogP contribution < -0.4 is 15.5 Å². The Morgan fingerprint density at radius 1 is 1.15 bits per heavy atom. The Morgan fingerprint density at radius 3 is 2.63 bits per heavy atom. The number of hydrogen-bond donors (Lipinski definition) is 2. The summed E-state index contributed by atoms with van der Waals surface area (Å²) in [6.07, 6.45) is 5.99. The highest BCUT2D eigenvalue weighted by Crippen LogP contribution is 2.28. The number of rotatable bonds is 13. The number of nitrogens with zero attached hydrogens (tertiary/aromatic N) is 2. The molecule has 0 saturated heterocycles. The number of nitrogens with one attached hydrogen (secondary N) is 2. The molecular weight excluding hydrogens is 451 g/mol. The first-order chi connectivity index (χ1) is 12.8. The highest BCUT2D eigenvalue weighted by Gasteiger charge is 2.20. The molecule has 0 atom stereocenters. The van der Waals surface area contributed by atoms with Crippen molar-refractivity contribution in [1.29, 1.82) is 0 Å². The topological polar surface area (TPSA) is 48.9 Å². The van der Waals surface area contributed by atoms with Crippen molar-refractivity contribution in [3.8, 4) is 0 Å². The number of unbranched alkanes of at least 4 members (excludes halogenated alkanes) is 1. The van der Waals surface area contributed by atoms with Crippen LogP contribution in [0.1, 0.15) is 39.0 Å². The molecule has 2 N–H and O–H groups in total. The zero-order valence-electron chi connectivity index (χ0n) is 17.0. The second-order valence-corrected chi connectivity index (χ2v) is 7.02. The monoisotopic (exact) mass is 488 g/mol. The van der Waals surface area contributed by atoms with Gasteiger partial charge in [0.05, 0.1) is 0 Å². The zero-order valence-corrected chi connectivity index (χ0v) is 19.3. The molecule has 1 aromatic rings. The van der Waals surface area contributed by atoms with E-state index in [-0.39, 0.29) is 24.0 Å². The van der Waals surface area contributed by atoms with E-state index in [4.69, 9.17) is 4.74 Å². The molecule has 1 aliphatic carbocycles. The lowest BCUT2D eigenvalue weighted by molar-refractivity contribution is 0.123. The number of aliphatic imine (C=N–C) groups is 1. The minimum Gasteiger partial charge on any atom is -0.381 e. The van der Waals surface area contributed by atoms with Crippen LogP contribution in [0.25, 0.3) is 0 Å². The molecule has 6 heteroatoms. The fourth-order valence-corrected chi connectivity index (χ4v) is 2.73. The molecule has 2 rings (SSSR count). The summed E-state index contributed by atoms with van der Waals surface area (Å²) >= 11 is 0. The Bertz CT molecular complexity index is 508. The maximum Gasteiger partial charge on any atom is 0.191 e. The zero-order chi connectivity index (χ0) is 18.5. The fraction of sp³-hybridized carbons (Fsp3) is 0.667. The molecule has 1 saturated carbocycles. The first-order valence-corrected chi connectivity index (χ1v) is 10.2. The van der Waals surface area contributed by atoms with E-state index < -0.39 is 0 Å². The van der Waals surface area contributed by atoms with Gasteiger partial charge in [-0.15, -0.1) is 24.0 Å². The molecule has 0 amide bonds. The largest absolute Gasteiger partial charge is 0.381 e. The van der Waals surface area contributed by atoms with Gasteiger partial charge >= 0.3 is 0 Å². The molecule has 154 valence electrons. The van der Waals surface area contributed by atoms with E-state index in [9.17, 15) is 0 Å². The van der Waals surface area contributed by atoms with Gasteiger partial charge in [-0.05, 0) is 57.1 Å². The van der Waals surface area contributed by atoms with E-state index in [1.165, 1.54) is 18.5 Å². The van der Waals surface area contributed by atoms with Crippen molar-refractivity contribution in [2.24, 2.45) is 10.9 Å². The number of para-hydroxylation sites is 1. The summed E-state index contributed by atoms with van der Waals surface area (Å²) in [5, 5.41) is 6.75. The van der Waals surface area contributed by atoms with Gasteiger partial charge in [0.15, 0.2) is 5.96 Å². The van der Waals surface area contributed by atoms with Crippen LogP contribution in [-0.2, 0) is 4.74 Å². The Kier molecular flexibility index (Phi) is 13.3. The van der Waals surface area contributed by atoms with Crippen LogP contribution in [0.15, 0.2) is 35.3 Å². The lowest BCUT2D eigenvalue weighted by atomic mass is 10.2. The van der Waals surface area contributed by atoms with Crippen molar-refractivity contribution < 1.29 is 4.74 Å². The molecule has 1 aliphatic rings. The van der Waals surface area contributed by atoms with E-state index in [1.807, 2.05) is 0 Å². The summed E-state index contributed by atoms with van der Waals surface area (Å²) in [5.41, 5.74) is 1.28. The lowest BCUT2D eigenvalue weighted by Gasteiger charge is -2.19. The molecular formula is C21H37IN4O. The van der Waals surface area contributed by atoms with E-state index in [2.05, 4.69) is 64.8 Å². The smallest absolute Gasteiger partial charge is 0.191 e. The third-order valence-corrected chi connectivity index (χ3v) is 4.52. The van der Waals surface area contributed by atoms with E-state index in [0.29, 0.717) is 0 Å². The van der Waals surface area contributed by atoms with Crippen molar-refractivity contribution in [1.82, 2.24) is 10.6 Å². The highest BCUT2D eigenvalue weighted by atomic mass is 127. The molecule has 0 aliphatic heterocycles. The second-order valence-electron chi connectivity index (χ2n) is 7.02. The molecule has 5 nitrogen and oxygen atoms in total. The van der Waals surface area contributed by atoms with Crippen LogP contribution in [0.5, 0.6) is 0 Å². The number of guanidine groups is 1. The fourth-order valence-electron chi connectivity index (χ4n) is 2.73. The molecule has 0 aromatic heterocycles. The van der Waals surface area contributed by atoms with Crippen molar-refractivity contribution in [2.45, 2.75) is 39.0 Å². The quantitative estimate of drug-likeness (QED) is 0.192. The number of hydrogen-bond acceptors (Lipinski definition) is 3. The first kappa shape index (κ1) is 24.0. The third kappa shape index (κ3) is 11.4. The predicted molar refractivity (Wildman–Crippen MR) is 127 cm³/mol. The SMILES string of the molecule is CCNC(=NCCCOCC1CC1)NCCCCN(C)c1ccccc1.I. The van der Waals surface area contributed by atoms with Gasteiger partial charge in [-0.25, -0.2) is 0 Å². The van der Waals surface area contributed by atoms with Crippen molar-refractivity contribution in [3.63, 3.8) is 0 Å². The molecule has 1 aromatic carbocycles. The average molecular weight is 488 g/mol. The average Bonchev–Trinajstić information content (AvgIpc) is 3.49. The predicted octanol–water partition coefficient (Wildman–Crippen LogP) is 3.89. The Hall–Kier alpha value is -1.02. The van der Waals surface area contributed by atoms with Crippen LogP contribution in [-0.4, -0.2) is 52.4 Å². The molecule has 0 heterocycles. The van der Waals surface area contributed by atoms with Gasteiger partial charge < -0.3 is 20.3 Å². The van der Waals surface area contributed by atoms with Crippen LogP contribution in [0.4, 0.5) is 5.69 Å². The normalized spacial score (nSPS) is 13.8. The summed E-state index contributed by atoms with van der Waals surface area (Å²) < 4.78 is 5.66. The summed E-state index contributed by atoms with van der Waals surface area (Å²) in [7, 11) is 2.15. The molecule has 1 fully saturated rings. The van der Waals surface area contributed by atoms with Gasteiger partial charge in [0.2, 0.25) is 0 Å². The highest BCUT2D eigenvalue weighted by molar-refractivity contribution is 14.0. The Balaban J connectivity index is 0.00000364. The summed E-state index contributed by atoms with van der Waals surface area (Å²) in [4.78, 5) is 6.94. The number of anilines is 1.